The number of nitrogens with zero attached hydrogens (tertiary/aromatic N) is 2. The van der Waals surface area contributed by atoms with Crippen LogP contribution >= 0.6 is 0 Å². The topological polar surface area (TPSA) is 79.4 Å². The lowest BCUT2D eigenvalue weighted by atomic mass is 10.1. The van der Waals surface area contributed by atoms with E-state index in [1.54, 1.807) is 72.9 Å². The Morgan fingerprint density at radius 1 is 0.943 bits per heavy atom. The number of anilines is 1. The van der Waals surface area contributed by atoms with Gasteiger partial charge < -0.3 is 10.2 Å². The Morgan fingerprint density at radius 3 is 2.49 bits per heavy atom. The monoisotopic (exact) mass is 485 g/mol. The fourth-order valence-corrected chi connectivity index (χ4v) is 5.25. The zero-order valence-corrected chi connectivity index (χ0v) is 19.3. The summed E-state index contributed by atoms with van der Waals surface area (Å²) in [6, 6.07) is 22.8. The highest BCUT2D eigenvalue weighted by molar-refractivity contribution is 7.85. The number of rotatable bonds is 5. The van der Waals surface area contributed by atoms with E-state index in [1.807, 2.05) is 6.07 Å². The van der Waals surface area contributed by atoms with Crippen LogP contribution in [0.25, 0.3) is 0 Å². The minimum absolute atomic E-state index is 0.122. The lowest BCUT2D eigenvalue weighted by Gasteiger charge is -2.23. The van der Waals surface area contributed by atoms with E-state index >= 15 is 0 Å². The van der Waals surface area contributed by atoms with Crippen molar-refractivity contribution in [3.05, 3.63) is 119 Å². The molecule has 5 rings (SSSR count). The first-order valence-corrected chi connectivity index (χ1v) is 12.1. The molecule has 4 aromatic rings. The second-order valence-electron chi connectivity index (χ2n) is 7.97. The molecule has 174 valence electrons. The molecule has 1 aromatic heterocycles. The predicted octanol–water partition coefficient (Wildman–Crippen LogP) is 4.48. The molecule has 6 nitrogen and oxygen atoms in total. The third-order valence-corrected chi connectivity index (χ3v) is 7.18. The summed E-state index contributed by atoms with van der Waals surface area (Å²) >= 11 is 0. The summed E-state index contributed by atoms with van der Waals surface area (Å²) in [7, 11) is -1.63. The van der Waals surface area contributed by atoms with Gasteiger partial charge in [-0.25, -0.2) is 8.60 Å². The van der Waals surface area contributed by atoms with Crippen molar-refractivity contribution in [3.63, 3.8) is 0 Å². The van der Waals surface area contributed by atoms with Crippen LogP contribution in [-0.4, -0.2) is 21.0 Å². The maximum absolute atomic E-state index is 13.6. The number of hydrogen-bond donors (Lipinski definition) is 1. The van der Waals surface area contributed by atoms with Crippen LogP contribution in [0.4, 0.5) is 10.1 Å². The number of nitrogens with one attached hydrogen (secondary N) is 1. The molecule has 2 heterocycles. The first kappa shape index (κ1) is 22.6. The number of carbonyl (C=O) groups is 2. The van der Waals surface area contributed by atoms with E-state index in [-0.39, 0.29) is 30.7 Å². The third-order valence-electron chi connectivity index (χ3n) is 5.68. The number of amides is 2. The van der Waals surface area contributed by atoms with Crippen molar-refractivity contribution in [1.82, 2.24) is 10.3 Å². The van der Waals surface area contributed by atoms with Crippen molar-refractivity contribution in [1.29, 1.82) is 0 Å². The zero-order chi connectivity index (χ0) is 24.4. The van der Waals surface area contributed by atoms with Gasteiger partial charge in [-0.05, 0) is 60.2 Å². The van der Waals surface area contributed by atoms with Gasteiger partial charge in [0.25, 0.3) is 11.8 Å². The molecule has 0 unspecified atom stereocenters. The molecule has 1 aliphatic rings. The molecule has 2 amide bonds. The molecule has 8 heteroatoms. The van der Waals surface area contributed by atoms with Crippen molar-refractivity contribution >= 4 is 28.3 Å². The second kappa shape index (κ2) is 9.60. The van der Waals surface area contributed by atoms with Crippen molar-refractivity contribution in [2.24, 2.45) is 0 Å². The Balaban J connectivity index is 1.54. The van der Waals surface area contributed by atoms with Crippen LogP contribution in [0.15, 0.2) is 101 Å². The number of carbonyl (C=O) groups excluding carboxylic acids is 2. The first-order chi connectivity index (χ1) is 17.0. The third kappa shape index (κ3) is 4.61. The lowest BCUT2D eigenvalue weighted by molar-refractivity contribution is 0.0947. The SMILES string of the molecule is O=C(NCc1ccccn1)c1ccc2c(c1)N(Cc1ccc(F)cc1)C(=O)c1ccccc1[S@]2=O. The van der Waals surface area contributed by atoms with E-state index in [4.69, 9.17) is 0 Å². The minimum atomic E-state index is -1.63. The van der Waals surface area contributed by atoms with Crippen LogP contribution < -0.4 is 10.2 Å². The molecule has 1 aliphatic heterocycles. The molecule has 35 heavy (non-hydrogen) atoms. The van der Waals surface area contributed by atoms with Gasteiger partial charge in [0.15, 0.2) is 0 Å². The van der Waals surface area contributed by atoms with Gasteiger partial charge in [-0.3, -0.25) is 14.6 Å². The van der Waals surface area contributed by atoms with E-state index in [0.29, 0.717) is 37.9 Å². The van der Waals surface area contributed by atoms with Crippen molar-refractivity contribution in [3.8, 4) is 0 Å². The molecule has 3 aromatic carbocycles. The van der Waals surface area contributed by atoms with Gasteiger partial charge in [0.1, 0.15) is 5.82 Å². The molecule has 0 saturated carbocycles. The number of halogens is 1. The average Bonchev–Trinajstić information content (AvgIpc) is 2.98. The smallest absolute Gasteiger partial charge is 0.259 e. The summed E-state index contributed by atoms with van der Waals surface area (Å²) < 4.78 is 26.9. The Labute approximate surface area is 203 Å². The van der Waals surface area contributed by atoms with E-state index in [1.165, 1.54) is 17.0 Å². The Morgan fingerprint density at radius 2 is 1.71 bits per heavy atom. The number of fused-ring (bicyclic) bond motifs is 2. The normalized spacial score (nSPS) is 14.6. The van der Waals surface area contributed by atoms with Gasteiger partial charge in [0.2, 0.25) is 0 Å². The molecule has 0 fully saturated rings. The summed E-state index contributed by atoms with van der Waals surface area (Å²) in [5.74, 6) is -1.07. The molecule has 0 spiro atoms. The van der Waals surface area contributed by atoms with Crippen LogP contribution in [0.3, 0.4) is 0 Å². The van der Waals surface area contributed by atoms with Crippen LogP contribution in [0.5, 0.6) is 0 Å². The average molecular weight is 486 g/mol. The van der Waals surface area contributed by atoms with E-state index in [9.17, 15) is 18.2 Å². The van der Waals surface area contributed by atoms with Gasteiger partial charge in [-0.15, -0.1) is 0 Å². The number of hydrogen-bond acceptors (Lipinski definition) is 4. The molecule has 0 aliphatic carbocycles. The molecular formula is C27H20FN3O3S. The van der Waals surface area contributed by atoms with Crippen LogP contribution in [-0.2, 0) is 23.9 Å². The van der Waals surface area contributed by atoms with Gasteiger partial charge in [0.05, 0.1) is 50.6 Å². The minimum Gasteiger partial charge on any atom is -0.346 e. The number of benzene rings is 3. The fourth-order valence-electron chi connectivity index (χ4n) is 3.91. The largest absolute Gasteiger partial charge is 0.346 e. The van der Waals surface area contributed by atoms with Gasteiger partial charge >= 0.3 is 0 Å². The Kier molecular flexibility index (Phi) is 6.20. The maximum Gasteiger partial charge on any atom is 0.259 e. The zero-order valence-electron chi connectivity index (χ0n) is 18.5. The van der Waals surface area contributed by atoms with Crippen molar-refractivity contribution in [2.75, 3.05) is 4.90 Å². The highest BCUT2D eigenvalue weighted by Crippen LogP contribution is 2.36. The summed E-state index contributed by atoms with van der Waals surface area (Å²) in [4.78, 5) is 33.1. The Bertz CT molecular complexity index is 1440. The number of aromatic nitrogens is 1. The fraction of sp³-hybridized carbons (Fsp3) is 0.0741. The molecule has 0 radical (unpaired) electrons. The molecule has 1 atom stereocenters. The lowest BCUT2D eigenvalue weighted by Crippen LogP contribution is -2.31. The summed E-state index contributed by atoms with van der Waals surface area (Å²) in [6.45, 7) is 0.364. The Hall–Kier alpha value is -4.17. The van der Waals surface area contributed by atoms with E-state index in [2.05, 4.69) is 10.3 Å². The standard InChI is InChI=1S/C27H20FN3O3S/c28-20-11-8-18(9-12-20)17-31-23-15-19(26(32)30-16-21-5-3-4-14-29-21)10-13-25(23)35(34)24-7-2-1-6-22(24)27(31)33/h1-15H,16-17H2,(H,30,32)/t35-/m1/s1. The summed E-state index contributed by atoms with van der Waals surface area (Å²) in [5, 5.41) is 2.83. The van der Waals surface area contributed by atoms with Crippen LogP contribution in [0.2, 0.25) is 0 Å². The second-order valence-corrected chi connectivity index (χ2v) is 9.39. The van der Waals surface area contributed by atoms with E-state index < -0.39 is 10.8 Å². The van der Waals surface area contributed by atoms with Gasteiger partial charge in [-0.1, -0.05) is 30.3 Å². The van der Waals surface area contributed by atoms with E-state index in [0.717, 1.165) is 0 Å². The summed E-state index contributed by atoms with van der Waals surface area (Å²) in [6.07, 6.45) is 1.65. The quantitative estimate of drug-likeness (QED) is 0.452. The summed E-state index contributed by atoms with van der Waals surface area (Å²) in [5.41, 5.74) is 2.42. The van der Waals surface area contributed by atoms with Crippen molar-refractivity contribution in [2.45, 2.75) is 22.9 Å². The predicted molar refractivity (Wildman–Crippen MR) is 130 cm³/mol. The first-order valence-electron chi connectivity index (χ1n) is 10.9. The highest BCUT2D eigenvalue weighted by atomic mass is 32.2. The number of pyridine rings is 1. The maximum atomic E-state index is 13.6. The van der Waals surface area contributed by atoms with Crippen LogP contribution in [0.1, 0.15) is 32.0 Å². The molecule has 0 bridgehead atoms. The van der Waals surface area contributed by atoms with Crippen molar-refractivity contribution < 1.29 is 18.2 Å². The molecule has 1 N–H and O–H groups in total. The molecule has 0 saturated heterocycles. The van der Waals surface area contributed by atoms with Gasteiger partial charge in [0, 0.05) is 11.8 Å². The molecular weight excluding hydrogens is 465 g/mol. The van der Waals surface area contributed by atoms with Crippen LogP contribution in [0, 0.1) is 5.82 Å². The highest BCUT2D eigenvalue weighted by Gasteiger charge is 2.31. The van der Waals surface area contributed by atoms with Gasteiger partial charge in [-0.2, -0.15) is 0 Å².